The van der Waals surface area contributed by atoms with E-state index < -0.39 is 0 Å². The summed E-state index contributed by atoms with van der Waals surface area (Å²) in [6.45, 7) is 3.22. The van der Waals surface area contributed by atoms with Crippen molar-refractivity contribution in [3.05, 3.63) is 41.6 Å². The van der Waals surface area contributed by atoms with E-state index in [1.165, 1.54) is 11.3 Å². The van der Waals surface area contributed by atoms with Gasteiger partial charge in [0.15, 0.2) is 0 Å². The second-order valence-electron chi connectivity index (χ2n) is 5.27. The summed E-state index contributed by atoms with van der Waals surface area (Å²) in [5.74, 6) is 0.159. The Kier molecular flexibility index (Phi) is 4.68. The molecule has 0 fully saturated rings. The predicted molar refractivity (Wildman–Crippen MR) is 85.6 cm³/mol. The van der Waals surface area contributed by atoms with E-state index in [9.17, 15) is 4.79 Å². The zero-order valence-electron chi connectivity index (χ0n) is 12.4. The monoisotopic (exact) mass is 305 g/mol. The highest BCUT2D eigenvalue weighted by Crippen LogP contribution is 2.27. The van der Waals surface area contributed by atoms with Gasteiger partial charge in [-0.15, -0.1) is 12.4 Å². The third-order valence-corrected chi connectivity index (χ3v) is 4.02. The lowest BCUT2D eigenvalue weighted by Crippen LogP contribution is -2.31. The Hall–Kier alpha value is -1.81. The molecule has 0 spiro atoms. The zero-order chi connectivity index (χ0) is 14.1. The van der Waals surface area contributed by atoms with E-state index in [0.29, 0.717) is 0 Å². The fourth-order valence-corrected chi connectivity index (χ4v) is 2.92. The van der Waals surface area contributed by atoms with Gasteiger partial charge in [-0.05, 0) is 6.42 Å². The molecule has 1 aromatic heterocycles. The van der Waals surface area contributed by atoms with E-state index in [1.807, 2.05) is 34.8 Å². The number of fused-ring (bicyclic) bond motifs is 1. The number of amides is 1. The fourth-order valence-electron chi connectivity index (χ4n) is 2.92. The molecule has 3 rings (SSSR count). The van der Waals surface area contributed by atoms with Gasteiger partial charge in [-0.25, -0.2) is 0 Å². The molecule has 1 amide bonds. The summed E-state index contributed by atoms with van der Waals surface area (Å²) in [5.41, 5.74) is 4.77. The Labute approximate surface area is 131 Å². The molecule has 0 radical (unpaired) electrons. The summed E-state index contributed by atoms with van der Waals surface area (Å²) in [6.07, 6.45) is 1.76. The number of hydrogen-bond acceptors (Lipinski definition) is 2. The maximum absolute atomic E-state index is 11.6. The molecule has 21 heavy (non-hydrogen) atoms. The number of carbonyl (C=O) groups excluding carboxylic acids is 1. The normalized spacial score (nSPS) is 14.1. The van der Waals surface area contributed by atoms with Crippen LogP contribution >= 0.6 is 12.4 Å². The molecule has 1 aliphatic heterocycles. The lowest BCUT2D eigenvalue weighted by Gasteiger charge is -2.17. The lowest BCUT2D eigenvalue weighted by molar-refractivity contribution is -0.128. The second-order valence-corrected chi connectivity index (χ2v) is 5.27. The first-order valence-electron chi connectivity index (χ1n) is 7.02. The molecule has 1 aromatic carbocycles. The quantitative estimate of drug-likeness (QED) is 0.812. The largest absolute Gasteiger partial charge is 0.342 e. The van der Waals surface area contributed by atoms with Crippen LogP contribution in [0.15, 0.2) is 30.3 Å². The molecule has 2 heterocycles. The van der Waals surface area contributed by atoms with Crippen LogP contribution in [0.25, 0.3) is 11.3 Å². The lowest BCUT2D eigenvalue weighted by atomic mass is 10.0. The van der Waals surface area contributed by atoms with Crippen molar-refractivity contribution in [3.8, 4) is 11.3 Å². The highest BCUT2D eigenvalue weighted by atomic mass is 35.5. The van der Waals surface area contributed by atoms with Crippen LogP contribution in [0.2, 0.25) is 0 Å². The third-order valence-electron chi connectivity index (χ3n) is 4.02. The molecule has 0 aliphatic carbocycles. The van der Waals surface area contributed by atoms with Crippen molar-refractivity contribution in [2.24, 2.45) is 7.05 Å². The van der Waals surface area contributed by atoms with Crippen LogP contribution < -0.4 is 0 Å². The summed E-state index contributed by atoms with van der Waals surface area (Å²) < 4.78 is 1.97. The molecular weight excluding hydrogens is 286 g/mol. The van der Waals surface area contributed by atoms with Crippen molar-refractivity contribution < 1.29 is 4.79 Å². The Morgan fingerprint density at radius 3 is 2.48 bits per heavy atom. The van der Waals surface area contributed by atoms with E-state index in [-0.39, 0.29) is 18.3 Å². The predicted octanol–water partition coefficient (Wildman–Crippen LogP) is 2.46. The summed E-state index contributed by atoms with van der Waals surface area (Å²) in [6, 6.07) is 10.3. The van der Waals surface area contributed by atoms with E-state index in [1.54, 1.807) is 6.92 Å². The molecular formula is C16H20ClN3O. The number of halogens is 1. The third kappa shape index (κ3) is 2.95. The minimum absolute atomic E-state index is 0. The topological polar surface area (TPSA) is 38.1 Å². The maximum atomic E-state index is 11.6. The van der Waals surface area contributed by atoms with Gasteiger partial charge in [-0.1, -0.05) is 30.3 Å². The molecule has 0 N–H and O–H groups in total. The van der Waals surface area contributed by atoms with Crippen LogP contribution in [0.3, 0.4) is 0 Å². The van der Waals surface area contributed by atoms with Crippen molar-refractivity contribution in [3.63, 3.8) is 0 Å². The average Bonchev–Trinajstić information content (AvgIpc) is 2.64. The first-order valence-corrected chi connectivity index (χ1v) is 7.02. The van der Waals surface area contributed by atoms with E-state index in [0.717, 1.165) is 37.2 Å². The molecule has 0 atom stereocenters. The van der Waals surface area contributed by atoms with Crippen LogP contribution in [-0.4, -0.2) is 33.7 Å². The first kappa shape index (κ1) is 15.6. The molecule has 2 aromatic rings. The second kappa shape index (κ2) is 6.31. The molecule has 0 bridgehead atoms. The molecule has 4 nitrogen and oxygen atoms in total. The smallest absolute Gasteiger partial charge is 0.219 e. The van der Waals surface area contributed by atoms with Crippen LogP contribution in [0, 0.1) is 0 Å². The van der Waals surface area contributed by atoms with E-state index in [2.05, 4.69) is 17.2 Å². The van der Waals surface area contributed by atoms with Crippen molar-refractivity contribution >= 4 is 18.3 Å². The number of rotatable bonds is 1. The van der Waals surface area contributed by atoms with Crippen LogP contribution in [0.1, 0.15) is 18.2 Å². The van der Waals surface area contributed by atoms with Gasteiger partial charge in [0.2, 0.25) is 5.91 Å². The first-order chi connectivity index (χ1) is 9.66. The standard InChI is InChI=1S/C16H19N3O.ClH/c1-12(20)19-10-8-14-15(9-11-19)18(2)17-16(14)13-6-4-3-5-7-13;/h3-7H,8-11H2,1-2H3;1H. The van der Waals surface area contributed by atoms with Gasteiger partial charge in [-0.2, -0.15) is 5.10 Å². The molecule has 1 aliphatic rings. The minimum atomic E-state index is 0. The Bertz CT molecular complexity index is 636. The number of aromatic nitrogens is 2. The van der Waals surface area contributed by atoms with Gasteiger partial charge >= 0.3 is 0 Å². The summed E-state index contributed by atoms with van der Waals surface area (Å²) in [7, 11) is 1.99. The number of hydrogen-bond donors (Lipinski definition) is 0. The van der Waals surface area contributed by atoms with Crippen LogP contribution in [0.4, 0.5) is 0 Å². The SMILES string of the molecule is CC(=O)N1CCc2c(-c3ccccc3)nn(C)c2CC1.Cl. The van der Waals surface area contributed by atoms with Crippen molar-refractivity contribution in [1.29, 1.82) is 0 Å². The summed E-state index contributed by atoms with van der Waals surface area (Å²) >= 11 is 0. The average molecular weight is 306 g/mol. The van der Waals surface area contributed by atoms with Gasteiger partial charge in [0.05, 0.1) is 5.69 Å². The summed E-state index contributed by atoms with van der Waals surface area (Å²) in [5, 5.41) is 4.69. The number of aryl methyl sites for hydroxylation is 1. The van der Waals surface area contributed by atoms with Gasteiger partial charge in [0.25, 0.3) is 0 Å². The minimum Gasteiger partial charge on any atom is -0.342 e. The van der Waals surface area contributed by atoms with E-state index in [4.69, 9.17) is 0 Å². The molecule has 0 saturated carbocycles. The van der Waals surface area contributed by atoms with Gasteiger partial charge in [0.1, 0.15) is 0 Å². The molecule has 0 saturated heterocycles. The van der Waals surface area contributed by atoms with Crippen LogP contribution in [-0.2, 0) is 24.7 Å². The van der Waals surface area contributed by atoms with Crippen molar-refractivity contribution in [1.82, 2.24) is 14.7 Å². The van der Waals surface area contributed by atoms with Gasteiger partial charge < -0.3 is 4.90 Å². The van der Waals surface area contributed by atoms with Gasteiger partial charge in [-0.3, -0.25) is 9.48 Å². The van der Waals surface area contributed by atoms with Gasteiger partial charge in [0, 0.05) is 50.3 Å². The van der Waals surface area contributed by atoms with E-state index >= 15 is 0 Å². The van der Waals surface area contributed by atoms with Crippen LogP contribution in [0.5, 0.6) is 0 Å². The maximum Gasteiger partial charge on any atom is 0.219 e. The number of benzene rings is 1. The van der Waals surface area contributed by atoms with Crippen molar-refractivity contribution in [2.75, 3.05) is 13.1 Å². The highest BCUT2D eigenvalue weighted by Gasteiger charge is 2.22. The Morgan fingerprint density at radius 2 is 1.81 bits per heavy atom. The molecule has 0 unspecified atom stereocenters. The fraction of sp³-hybridized carbons (Fsp3) is 0.375. The Morgan fingerprint density at radius 1 is 1.14 bits per heavy atom. The van der Waals surface area contributed by atoms with Crippen molar-refractivity contribution in [2.45, 2.75) is 19.8 Å². The molecule has 5 heteroatoms. The highest BCUT2D eigenvalue weighted by molar-refractivity contribution is 5.85. The Balaban J connectivity index is 0.00000161. The summed E-state index contributed by atoms with van der Waals surface area (Å²) in [4.78, 5) is 13.5. The molecule has 112 valence electrons. The number of nitrogens with zero attached hydrogens (tertiary/aromatic N) is 3. The zero-order valence-corrected chi connectivity index (χ0v) is 13.2. The number of carbonyl (C=O) groups is 1.